The van der Waals surface area contributed by atoms with Crippen LogP contribution in [0.25, 0.3) is 0 Å². The number of H-pyrrole nitrogens is 1. The van der Waals surface area contributed by atoms with Crippen molar-refractivity contribution in [1.29, 1.82) is 0 Å². The van der Waals surface area contributed by atoms with Gasteiger partial charge in [-0.05, 0) is 6.92 Å². The van der Waals surface area contributed by atoms with Crippen LogP contribution in [-0.2, 0) is 0 Å². The van der Waals surface area contributed by atoms with Gasteiger partial charge < -0.3 is 4.90 Å². The molecular formula is C8H12ClN3O. The van der Waals surface area contributed by atoms with Gasteiger partial charge in [-0.3, -0.25) is 9.89 Å². The van der Waals surface area contributed by atoms with Crippen LogP contribution in [0.2, 0.25) is 0 Å². The smallest absolute Gasteiger partial charge is 0.257 e. The van der Waals surface area contributed by atoms with Gasteiger partial charge in [-0.25, -0.2) is 0 Å². The van der Waals surface area contributed by atoms with Crippen LogP contribution in [0.4, 0.5) is 0 Å². The molecule has 72 valence electrons. The zero-order chi connectivity index (χ0) is 9.84. The second-order valence-electron chi connectivity index (χ2n) is 2.82. The van der Waals surface area contributed by atoms with E-state index in [1.807, 2.05) is 6.92 Å². The van der Waals surface area contributed by atoms with Crippen molar-refractivity contribution in [3.8, 4) is 0 Å². The van der Waals surface area contributed by atoms with E-state index in [0.717, 1.165) is 5.69 Å². The number of carbonyl (C=O) groups is 1. The third kappa shape index (κ3) is 2.21. The Morgan fingerprint density at radius 3 is 2.92 bits per heavy atom. The van der Waals surface area contributed by atoms with Crippen molar-refractivity contribution >= 4 is 17.5 Å². The fourth-order valence-corrected chi connectivity index (χ4v) is 1.25. The molecule has 1 amide bonds. The molecule has 0 aliphatic heterocycles. The van der Waals surface area contributed by atoms with Crippen LogP contribution in [0.5, 0.6) is 0 Å². The Morgan fingerprint density at radius 2 is 2.46 bits per heavy atom. The molecule has 0 saturated heterocycles. The number of alkyl halides is 1. The molecule has 1 heterocycles. The first-order valence-corrected chi connectivity index (χ1v) is 4.51. The average molecular weight is 202 g/mol. The van der Waals surface area contributed by atoms with Crippen LogP contribution in [0, 0.1) is 6.92 Å². The zero-order valence-corrected chi connectivity index (χ0v) is 8.43. The molecule has 1 aromatic heterocycles. The van der Waals surface area contributed by atoms with Crippen LogP contribution >= 0.6 is 11.6 Å². The van der Waals surface area contributed by atoms with Crippen molar-refractivity contribution in [3.05, 3.63) is 17.5 Å². The molecule has 13 heavy (non-hydrogen) atoms. The lowest BCUT2D eigenvalue weighted by atomic mass is 10.2. The van der Waals surface area contributed by atoms with E-state index < -0.39 is 0 Å². The number of carbonyl (C=O) groups excluding carboxylic acids is 1. The molecule has 0 saturated carbocycles. The van der Waals surface area contributed by atoms with E-state index in [0.29, 0.717) is 18.0 Å². The Balaban J connectivity index is 2.73. The van der Waals surface area contributed by atoms with Crippen LogP contribution in [-0.4, -0.2) is 40.5 Å². The number of aromatic nitrogens is 2. The van der Waals surface area contributed by atoms with Crippen molar-refractivity contribution in [2.24, 2.45) is 0 Å². The molecule has 0 aliphatic carbocycles. The summed E-state index contributed by atoms with van der Waals surface area (Å²) in [4.78, 5) is 13.2. The van der Waals surface area contributed by atoms with Gasteiger partial charge in [0.2, 0.25) is 0 Å². The lowest BCUT2D eigenvalue weighted by Gasteiger charge is -2.14. The molecule has 0 bridgehead atoms. The largest absolute Gasteiger partial charge is 0.340 e. The minimum Gasteiger partial charge on any atom is -0.340 e. The summed E-state index contributed by atoms with van der Waals surface area (Å²) < 4.78 is 0. The maximum atomic E-state index is 11.6. The van der Waals surface area contributed by atoms with Gasteiger partial charge >= 0.3 is 0 Å². The van der Waals surface area contributed by atoms with Crippen molar-refractivity contribution in [3.63, 3.8) is 0 Å². The molecule has 1 rings (SSSR count). The Morgan fingerprint density at radius 1 is 1.77 bits per heavy atom. The summed E-state index contributed by atoms with van der Waals surface area (Å²) in [5, 5.41) is 6.50. The molecule has 0 atom stereocenters. The van der Waals surface area contributed by atoms with Gasteiger partial charge in [-0.2, -0.15) is 5.10 Å². The molecule has 1 aromatic rings. The highest BCUT2D eigenvalue weighted by Gasteiger charge is 2.14. The quantitative estimate of drug-likeness (QED) is 0.743. The minimum absolute atomic E-state index is 0.0492. The topological polar surface area (TPSA) is 49.0 Å². The number of amides is 1. The molecule has 0 fully saturated rings. The number of aromatic amines is 1. The fraction of sp³-hybridized carbons (Fsp3) is 0.500. The Hall–Kier alpha value is -1.03. The summed E-state index contributed by atoms with van der Waals surface area (Å²) in [5.41, 5.74) is 1.39. The second-order valence-corrected chi connectivity index (χ2v) is 3.20. The first-order chi connectivity index (χ1) is 6.16. The predicted octanol–water partition coefficient (Wildman–Crippen LogP) is 1.03. The lowest BCUT2D eigenvalue weighted by Crippen LogP contribution is -2.28. The molecule has 0 radical (unpaired) electrons. The number of nitrogens with one attached hydrogen (secondary N) is 1. The van der Waals surface area contributed by atoms with E-state index in [9.17, 15) is 4.79 Å². The number of aryl methyl sites for hydroxylation is 1. The van der Waals surface area contributed by atoms with Crippen molar-refractivity contribution < 1.29 is 4.79 Å². The van der Waals surface area contributed by atoms with E-state index in [2.05, 4.69) is 10.2 Å². The van der Waals surface area contributed by atoms with E-state index in [-0.39, 0.29) is 5.91 Å². The highest BCUT2D eigenvalue weighted by molar-refractivity contribution is 6.18. The summed E-state index contributed by atoms with van der Waals surface area (Å²) in [5.74, 6) is 0.394. The first-order valence-electron chi connectivity index (χ1n) is 3.98. The van der Waals surface area contributed by atoms with E-state index in [1.54, 1.807) is 11.9 Å². The van der Waals surface area contributed by atoms with Gasteiger partial charge in [0.15, 0.2) is 0 Å². The fourth-order valence-electron chi connectivity index (χ4n) is 1.00. The molecular weight excluding hydrogens is 190 g/mol. The SMILES string of the molecule is Cc1[nH]ncc1C(=O)N(C)CCCl. The Labute approximate surface area is 81.9 Å². The maximum absolute atomic E-state index is 11.6. The zero-order valence-electron chi connectivity index (χ0n) is 7.67. The normalized spacial score (nSPS) is 10.1. The maximum Gasteiger partial charge on any atom is 0.257 e. The van der Waals surface area contributed by atoms with Crippen molar-refractivity contribution in [2.45, 2.75) is 6.92 Å². The molecule has 0 spiro atoms. The molecule has 0 aliphatic rings. The predicted molar refractivity (Wildman–Crippen MR) is 51.0 cm³/mol. The number of nitrogens with zero attached hydrogens (tertiary/aromatic N) is 2. The highest BCUT2D eigenvalue weighted by atomic mass is 35.5. The van der Waals surface area contributed by atoms with Crippen molar-refractivity contribution in [2.75, 3.05) is 19.5 Å². The van der Waals surface area contributed by atoms with E-state index >= 15 is 0 Å². The number of hydrogen-bond donors (Lipinski definition) is 1. The monoisotopic (exact) mass is 201 g/mol. The molecule has 4 nitrogen and oxygen atoms in total. The third-order valence-corrected chi connectivity index (χ3v) is 2.00. The van der Waals surface area contributed by atoms with Crippen LogP contribution in [0.1, 0.15) is 16.1 Å². The summed E-state index contributed by atoms with van der Waals surface area (Å²) in [6.45, 7) is 2.36. The van der Waals surface area contributed by atoms with Gasteiger partial charge in [-0.1, -0.05) is 0 Å². The Kier molecular flexibility index (Phi) is 3.31. The standard InChI is InChI=1S/C8H12ClN3O/c1-6-7(5-10-11-6)8(13)12(2)4-3-9/h5H,3-4H2,1-2H3,(H,10,11). The molecule has 5 heteroatoms. The van der Waals surface area contributed by atoms with Gasteiger partial charge in [0.1, 0.15) is 0 Å². The number of halogens is 1. The van der Waals surface area contributed by atoms with Gasteiger partial charge in [-0.15, -0.1) is 11.6 Å². The van der Waals surface area contributed by atoms with Crippen molar-refractivity contribution in [1.82, 2.24) is 15.1 Å². The summed E-state index contributed by atoms with van der Waals surface area (Å²) in [6.07, 6.45) is 1.53. The summed E-state index contributed by atoms with van der Waals surface area (Å²) in [6, 6.07) is 0. The second kappa shape index (κ2) is 4.28. The summed E-state index contributed by atoms with van der Waals surface area (Å²) >= 11 is 5.52. The average Bonchev–Trinajstić information content (AvgIpc) is 2.50. The van der Waals surface area contributed by atoms with E-state index in [4.69, 9.17) is 11.6 Å². The van der Waals surface area contributed by atoms with Crippen LogP contribution in [0.3, 0.4) is 0 Å². The Bertz CT molecular complexity index is 297. The number of rotatable bonds is 3. The van der Waals surface area contributed by atoms with Gasteiger partial charge in [0, 0.05) is 25.2 Å². The van der Waals surface area contributed by atoms with Crippen LogP contribution in [0.15, 0.2) is 6.20 Å². The molecule has 0 aromatic carbocycles. The third-order valence-electron chi connectivity index (χ3n) is 1.83. The first kappa shape index (κ1) is 10.1. The van der Waals surface area contributed by atoms with E-state index in [1.165, 1.54) is 6.20 Å². The highest BCUT2D eigenvalue weighted by Crippen LogP contribution is 2.05. The molecule has 1 N–H and O–H groups in total. The number of hydrogen-bond acceptors (Lipinski definition) is 2. The summed E-state index contributed by atoms with van der Waals surface area (Å²) in [7, 11) is 1.72. The van der Waals surface area contributed by atoms with Crippen LogP contribution < -0.4 is 0 Å². The minimum atomic E-state index is -0.0492. The van der Waals surface area contributed by atoms with Gasteiger partial charge in [0.25, 0.3) is 5.91 Å². The molecule has 0 unspecified atom stereocenters. The van der Waals surface area contributed by atoms with Gasteiger partial charge in [0.05, 0.1) is 11.8 Å². The lowest BCUT2D eigenvalue weighted by molar-refractivity contribution is 0.0802.